The zero-order valence-corrected chi connectivity index (χ0v) is 12.1. The third kappa shape index (κ3) is 2.78. The van der Waals surface area contributed by atoms with Gasteiger partial charge in [0.05, 0.1) is 0 Å². The quantitative estimate of drug-likeness (QED) is 0.921. The summed E-state index contributed by atoms with van der Waals surface area (Å²) < 4.78 is 26.3. The van der Waals surface area contributed by atoms with E-state index in [4.69, 9.17) is 5.73 Å². The molecule has 2 aromatic heterocycles. The Morgan fingerprint density at radius 2 is 1.85 bits per heavy atom. The van der Waals surface area contributed by atoms with Gasteiger partial charge in [-0.15, -0.1) is 0 Å². The van der Waals surface area contributed by atoms with Crippen molar-refractivity contribution >= 4 is 15.8 Å². The maximum absolute atomic E-state index is 12.5. The van der Waals surface area contributed by atoms with Crippen LogP contribution >= 0.6 is 0 Å². The lowest BCUT2D eigenvalue weighted by molar-refractivity contribution is 0.398. The largest absolute Gasteiger partial charge is 0.384 e. The van der Waals surface area contributed by atoms with E-state index < -0.39 is 10.0 Å². The van der Waals surface area contributed by atoms with Gasteiger partial charge >= 0.3 is 0 Å². The van der Waals surface area contributed by atoms with Gasteiger partial charge in [-0.1, -0.05) is 0 Å². The van der Waals surface area contributed by atoms with Crippen molar-refractivity contribution in [2.24, 2.45) is 0 Å². The van der Waals surface area contributed by atoms with Gasteiger partial charge in [-0.3, -0.25) is 4.98 Å². The Morgan fingerprint density at radius 3 is 2.40 bits per heavy atom. The molecule has 0 amide bonds. The molecule has 1 unspecified atom stereocenters. The highest BCUT2D eigenvalue weighted by Crippen LogP contribution is 2.25. The Morgan fingerprint density at radius 1 is 1.20 bits per heavy atom. The lowest BCUT2D eigenvalue weighted by atomic mass is 10.1. The Bertz CT molecular complexity index is 671. The van der Waals surface area contributed by atoms with Crippen LogP contribution in [0.5, 0.6) is 0 Å². The fraction of sp³-hybridized carbons (Fsp3) is 0.231. The molecule has 7 heteroatoms. The lowest BCUT2D eigenvalue weighted by Gasteiger charge is -2.24. The molecule has 0 saturated heterocycles. The normalized spacial score (nSPS) is 13.3. The van der Waals surface area contributed by atoms with Gasteiger partial charge in [0.2, 0.25) is 10.0 Å². The molecular weight excluding hydrogens is 276 g/mol. The van der Waals surface area contributed by atoms with Crippen molar-refractivity contribution in [3.8, 4) is 0 Å². The van der Waals surface area contributed by atoms with E-state index in [2.05, 4.69) is 9.97 Å². The van der Waals surface area contributed by atoms with Crippen LogP contribution in [0.1, 0.15) is 18.5 Å². The lowest BCUT2D eigenvalue weighted by Crippen LogP contribution is -2.30. The standard InChI is InChI=1S/C13H16N4O2S/c1-10(11-5-7-15-8-6-11)17(2)20(18,19)12-3-4-13(14)16-9-12/h3-10H,1-2H3,(H2,14,16). The first-order valence-corrected chi connectivity index (χ1v) is 7.46. The van der Waals surface area contributed by atoms with E-state index in [1.165, 1.54) is 29.7 Å². The van der Waals surface area contributed by atoms with Gasteiger partial charge in [-0.25, -0.2) is 13.4 Å². The number of hydrogen-bond acceptors (Lipinski definition) is 5. The molecule has 0 spiro atoms. The van der Waals surface area contributed by atoms with Crippen LogP contribution in [0.15, 0.2) is 47.8 Å². The molecule has 0 aliphatic carbocycles. The number of sulfonamides is 1. The average Bonchev–Trinajstić information content (AvgIpc) is 2.47. The first-order chi connectivity index (χ1) is 9.43. The van der Waals surface area contributed by atoms with Gasteiger partial charge in [0.25, 0.3) is 0 Å². The molecule has 2 N–H and O–H groups in total. The Hall–Kier alpha value is -1.99. The summed E-state index contributed by atoms with van der Waals surface area (Å²) in [5.74, 6) is 0.286. The van der Waals surface area contributed by atoms with Crippen molar-refractivity contribution in [3.05, 3.63) is 48.4 Å². The topological polar surface area (TPSA) is 89.2 Å². The van der Waals surface area contributed by atoms with Crippen LogP contribution in [-0.4, -0.2) is 29.7 Å². The van der Waals surface area contributed by atoms with Crippen molar-refractivity contribution < 1.29 is 8.42 Å². The van der Waals surface area contributed by atoms with Crippen molar-refractivity contribution in [1.82, 2.24) is 14.3 Å². The number of hydrogen-bond donors (Lipinski definition) is 1. The third-order valence-electron chi connectivity index (χ3n) is 3.17. The number of nitrogen functional groups attached to an aromatic ring is 1. The fourth-order valence-corrected chi connectivity index (χ4v) is 3.07. The Labute approximate surface area is 118 Å². The molecule has 2 aromatic rings. The summed E-state index contributed by atoms with van der Waals surface area (Å²) in [4.78, 5) is 7.87. The summed E-state index contributed by atoms with van der Waals surface area (Å²) in [5.41, 5.74) is 6.34. The monoisotopic (exact) mass is 292 g/mol. The van der Waals surface area contributed by atoms with Crippen LogP contribution < -0.4 is 5.73 Å². The van der Waals surface area contributed by atoms with Crippen LogP contribution in [0.25, 0.3) is 0 Å². The highest BCUT2D eigenvalue weighted by molar-refractivity contribution is 7.89. The maximum atomic E-state index is 12.5. The average molecular weight is 292 g/mol. The molecule has 1 atom stereocenters. The molecule has 0 saturated carbocycles. The van der Waals surface area contributed by atoms with Crippen LogP contribution in [0.4, 0.5) is 5.82 Å². The SMILES string of the molecule is CC(c1ccncc1)N(C)S(=O)(=O)c1ccc(N)nc1. The number of rotatable bonds is 4. The molecule has 106 valence electrons. The number of nitrogens with zero attached hydrogens (tertiary/aromatic N) is 3. The molecule has 0 aliphatic heterocycles. The van der Waals surface area contributed by atoms with E-state index in [9.17, 15) is 8.42 Å². The van der Waals surface area contributed by atoms with E-state index in [0.717, 1.165) is 5.56 Å². The second kappa shape index (κ2) is 5.56. The molecule has 6 nitrogen and oxygen atoms in total. The summed E-state index contributed by atoms with van der Waals surface area (Å²) in [7, 11) is -2.07. The van der Waals surface area contributed by atoms with Crippen LogP contribution in [-0.2, 0) is 10.0 Å². The minimum Gasteiger partial charge on any atom is -0.384 e. The minimum absolute atomic E-state index is 0.120. The van der Waals surface area contributed by atoms with Gasteiger partial charge in [0.15, 0.2) is 0 Å². The number of aromatic nitrogens is 2. The number of pyridine rings is 2. The molecule has 0 bridgehead atoms. The summed E-state index contributed by atoms with van der Waals surface area (Å²) in [6.45, 7) is 1.82. The van der Waals surface area contributed by atoms with Gasteiger partial charge < -0.3 is 5.73 Å². The Balaban J connectivity index is 2.32. The zero-order valence-electron chi connectivity index (χ0n) is 11.3. The molecule has 0 aliphatic rings. The second-order valence-corrected chi connectivity index (χ2v) is 6.39. The molecule has 0 radical (unpaired) electrons. The summed E-state index contributed by atoms with van der Waals surface area (Å²) in [6.07, 6.45) is 4.54. The highest BCUT2D eigenvalue weighted by Gasteiger charge is 2.26. The van der Waals surface area contributed by atoms with Crippen LogP contribution in [0, 0.1) is 0 Å². The number of anilines is 1. The predicted molar refractivity (Wildman–Crippen MR) is 76.3 cm³/mol. The van der Waals surface area contributed by atoms with E-state index in [0.29, 0.717) is 0 Å². The molecule has 2 heterocycles. The molecule has 2 rings (SSSR count). The highest BCUT2D eigenvalue weighted by atomic mass is 32.2. The summed E-state index contributed by atoms with van der Waals surface area (Å²) in [6, 6.07) is 6.20. The third-order valence-corrected chi connectivity index (χ3v) is 5.08. The first-order valence-electron chi connectivity index (χ1n) is 6.02. The maximum Gasteiger partial charge on any atom is 0.244 e. The minimum atomic E-state index is -3.61. The van der Waals surface area contributed by atoms with Crippen LogP contribution in [0.2, 0.25) is 0 Å². The van der Waals surface area contributed by atoms with E-state index in [1.54, 1.807) is 24.5 Å². The molecule has 0 aromatic carbocycles. The van der Waals surface area contributed by atoms with Crippen molar-refractivity contribution in [3.63, 3.8) is 0 Å². The molecular formula is C13H16N4O2S. The Kier molecular flexibility index (Phi) is 4.01. The van der Waals surface area contributed by atoms with Crippen LogP contribution in [0.3, 0.4) is 0 Å². The van der Waals surface area contributed by atoms with E-state index in [1.807, 2.05) is 6.92 Å². The van der Waals surface area contributed by atoms with Gasteiger partial charge in [0, 0.05) is 31.7 Å². The van der Waals surface area contributed by atoms with Gasteiger partial charge in [0.1, 0.15) is 10.7 Å². The van der Waals surface area contributed by atoms with Crippen molar-refractivity contribution in [2.45, 2.75) is 17.9 Å². The summed E-state index contributed by atoms with van der Waals surface area (Å²) >= 11 is 0. The predicted octanol–water partition coefficient (Wildman–Crippen LogP) is 1.44. The molecule has 0 fully saturated rings. The first kappa shape index (κ1) is 14.4. The van der Waals surface area contributed by atoms with Crippen molar-refractivity contribution in [2.75, 3.05) is 12.8 Å². The smallest absolute Gasteiger partial charge is 0.244 e. The zero-order chi connectivity index (χ0) is 14.8. The van der Waals surface area contributed by atoms with E-state index >= 15 is 0 Å². The fourth-order valence-electron chi connectivity index (χ4n) is 1.77. The number of nitrogens with two attached hydrogens (primary N) is 1. The molecule has 20 heavy (non-hydrogen) atoms. The summed E-state index contributed by atoms with van der Waals surface area (Å²) in [5, 5.41) is 0. The van der Waals surface area contributed by atoms with Gasteiger partial charge in [-0.2, -0.15) is 4.31 Å². The van der Waals surface area contributed by atoms with E-state index in [-0.39, 0.29) is 16.8 Å². The second-order valence-electron chi connectivity index (χ2n) is 4.40. The van der Waals surface area contributed by atoms with Gasteiger partial charge in [-0.05, 0) is 36.8 Å². The van der Waals surface area contributed by atoms with Crippen molar-refractivity contribution in [1.29, 1.82) is 0 Å².